The zero-order valence-corrected chi connectivity index (χ0v) is 14.9. The van der Waals surface area contributed by atoms with Crippen molar-refractivity contribution in [1.29, 1.82) is 0 Å². The van der Waals surface area contributed by atoms with Gasteiger partial charge in [-0.25, -0.2) is 0 Å². The molecule has 0 fully saturated rings. The smallest absolute Gasteiger partial charge is 0.119 e. The summed E-state index contributed by atoms with van der Waals surface area (Å²) >= 11 is 0. The molecule has 0 bridgehead atoms. The largest absolute Gasteiger partial charge is 0.508 e. The van der Waals surface area contributed by atoms with Crippen LogP contribution in [0, 0.1) is 16.7 Å². The maximum atomic E-state index is 10.2. The van der Waals surface area contributed by atoms with E-state index >= 15 is 0 Å². The molecule has 2 N–H and O–H groups in total. The minimum absolute atomic E-state index is 0.0799. The lowest BCUT2D eigenvalue weighted by atomic mass is 9.55. The Labute approximate surface area is 140 Å². The highest BCUT2D eigenvalue weighted by Crippen LogP contribution is 2.56. The van der Waals surface area contributed by atoms with Crippen LogP contribution < -0.4 is 0 Å². The summed E-state index contributed by atoms with van der Waals surface area (Å²) in [6.45, 7) is 9.51. The molecule has 2 aliphatic carbocycles. The molecule has 3 rings (SSSR count). The van der Waals surface area contributed by atoms with Crippen molar-refractivity contribution in [3.63, 3.8) is 0 Å². The molecule has 2 heteroatoms. The highest BCUT2D eigenvalue weighted by atomic mass is 16.3. The molecule has 0 heterocycles. The van der Waals surface area contributed by atoms with Crippen LogP contribution in [-0.4, -0.2) is 10.2 Å². The van der Waals surface area contributed by atoms with E-state index in [1.54, 1.807) is 29.3 Å². The SMILES string of the molecule is C[C@H]1CCC2=C(CCCC2(C)C)[C@]1(C)Cc1cc(O)ccc1O. The Morgan fingerprint density at radius 3 is 2.57 bits per heavy atom. The van der Waals surface area contributed by atoms with Crippen molar-refractivity contribution in [2.45, 2.75) is 66.2 Å². The molecule has 0 saturated heterocycles. The molecule has 2 aliphatic rings. The van der Waals surface area contributed by atoms with E-state index in [1.807, 2.05) is 0 Å². The Morgan fingerprint density at radius 1 is 1.09 bits per heavy atom. The Morgan fingerprint density at radius 2 is 1.83 bits per heavy atom. The van der Waals surface area contributed by atoms with Gasteiger partial charge in [0.05, 0.1) is 0 Å². The zero-order chi connectivity index (χ0) is 16.8. The van der Waals surface area contributed by atoms with Crippen LogP contribution in [0.25, 0.3) is 0 Å². The van der Waals surface area contributed by atoms with Gasteiger partial charge in [0, 0.05) is 0 Å². The van der Waals surface area contributed by atoms with Crippen LogP contribution in [0.3, 0.4) is 0 Å². The second kappa shape index (κ2) is 5.58. The first-order chi connectivity index (χ1) is 10.7. The maximum absolute atomic E-state index is 10.2. The Hall–Kier alpha value is -1.44. The third-order valence-corrected chi connectivity index (χ3v) is 6.63. The zero-order valence-electron chi connectivity index (χ0n) is 14.9. The number of benzene rings is 1. The maximum Gasteiger partial charge on any atom is 0.119 e. The quantitative estimate of drug-likeness (QED) is 0.552. The van der Waals surface area contributed by atoms with Crippen molar-refractivity contribution in [1.82, 2.24) is 0 Å². The Kier molecular flexibility index (Phi) is 3.98. The normalized spacial score (nSPS) is 30.2. The third kappa shape index (κ3) is 2.77. The Bertz CT molecular complexity index is 641. The topological polar surface area (TPSA) is 40.5 Å². The molecule has 0 saturated carbocycles. The average Bonchev–Trinajstić information content (AvgIpc) is 2.47. The van der Waals surface area contributed by atoms with Gasteiger partial charge >= 0.3 is 0 Å². The van der Waals surface area contributed by atoms with Crippen LogP contribution in [0.1, 0.15) is 65.4 Å². The average molecular weight is 314 g/mol. The first kappa shape index (κ1) is 16.4. The summed E-state index contributed by atoms with van der Waals surface area (Å²) in [5.41, 5.74) is 4.57. The number of hydrogen-bond donors (Lipinski definition) is 2. The van der Waals surface area contributed by atoms with E-state index in [-0.39, 0.29) is 11.2 Å². The lowest BCUT2D eigenvalue weighted by Crippen LogP contribution is -2.39. The minimum atomic E-state index is 0.0799. The molecule has 0 aliphatic heterocycles. The van der Waals surface area contributed by atoms with E-state index in [0.29, 0.717) is 17.1 Å². The van der Waals surface area contributed by atoms with Crippen LogP contribution in [0.15, 0.2) is 29.3 Å². The molecule has 126 valence electrons. The van der Waals surface area contributed by atoms with Gasteiger partial charge < -0.3 is 10.2 Å². The molecule has 1 aromatic carbocycles. The fourth-order valence-corrected chi connectivity index (χ4v) is 4.90. The van der Waals surface area contributed by atoms with Crippen molar-refractivity contribution < 1.29 is 10.2 Å². The summed E-state index contributed by atoms with van der Waals surface area (Å²) < 4.78 is 0. The van der Waals surface area contributed by atoms with E-state index in [9.17, 15) is 10.2 Å². The summed E-state index contributed by atoms with van der Waals surface area (Å²) in [5.74, 6) is 1.14. The summed E-state index contributed by atoms with van der Waals surface area (Å²) in [5, 5.41) is 20.0. The molecular weight excluding hydrogens is 284 g/mol. The molecule has 1 aromatic rings. The summed E-state index contributed by atoms with van der Waals surface area (Å²) in [7, 11) is 0. The first-order valence-corrected chi connectivity index (χ1v) is 8.98. The van der Waals surface area contributed by atoms with Crippen molar-refractivity contribution in [3.05, 3.63) is 34.9 Å². The van der Waals surface area contributed by atoms with Gasteiger partial charge in [-0.3, -0.25) is 0 Å². The minimum Gasteiger partial charge on any atom is -0.508 e. The van der Waals surface area contributed by atoms with Gasteiger partial charge in [0.25, 0.3) is 0 Å². The molecule has 0 aromatic heterocycles. The van der Waals surface area contributed by atoms with Crippen LogP contribution in [0.5, 0.6) is 11.5 Å². The molecule has 2 nitrogen and oxygen atoms in total. The number of rotatable bonds is 2. The van der Waals surface area contributed by atoms with Gasteiger partial charge in [-0.15, -0.1) is 0 Å². The van der Waals surface area contributed by atoms with Crippen molar-refractivity contribution in [3.8, 4) is 11.5 Å². The van der Waals surface area contributed by atoms with E-state index < -0.39 is 0 Å². The number of phenolic OH excluding ortho intramolecular Hbond substituents is 2. The third-order valence-electron chi connectivity index (χ3n) is 6.63. The molecular formula is C21H30O2. The standard InChI is InChI=1S/C21H30O2/c1-14-7-9-17-18(6-5-11-20(17,2)3)21(14,4)13-15-12-16(22)8-10-19(15)23/h8,10,12,14,22-23H,5-7,9,11,13H2,1-4H3/t14-,21+/m0/s1. The Balaban J connectivity index is 2.05. The van der Waals surface area contributed by atoms with Crippen LogP contribution in [0.4, 0.5) is 0 Å². The van der Waals surface area contributed by atoms with Gasteiger partial charge in [0.1, 0.15) is 11.5 Å². The molecule has 23 heavy (non-hydrogen) atoms. The fourth-order valence-electron chi connectivity index (χ4n) is 4.90. The summed E-state index contributed by atoms with van der Waals surface area (Å²) in [4.78, 5) is 0. The van der Waals surface area contributed by atoms with E-state index in [2.05, 4.69) is 27.7 Å². The lowest BCUT2D eigenvalue weighted by molar-refractivity contribution is 0.179. The van der Waals surface area contributed by atoms with Crippen LogP contribution in [0.2, 0.25) is 0 Å². The van der Waals surface area contributed by atoms with Crippen molar-refractivity contribution >= 4 is 0 Å². The number of phenols is 2. The first-order valence-electron chi connectivity index (χ1n) is 8.98. The van der Waals surface area contributed by atoms with Gasteiger partial charge in [-0.05, 0) is 79.0 Å². The predicted octanol–water partition coefficient (Wildman–Crippen LogP) is 5.58. The molecule has 0 amide bonds. The highest BCUT2D eigenvalue weighted by Gasteiger charge is 2.44. The van der Waals surface area contributed by atoms with Gasteiger partial charge in [0.2, 0.25) is 0 Å². The molecule has 2 atom stereocenters. The second-order valence-corrected chi connectivity index (χ2v) is 8.54. The van der Waals surface area contributed by atoms with Gasteiger partial charge in [0.15, 0.2) is 0 Å². The molecule has 0 radical (unpaired) electrons. The van der Waals surface area contributed by atoms with Crippen molar-refractivity contribution in [2.24, 2.45) is 16.7 Å². The number of aromatic hydroxyl groups is 2. The van der Waals surface area contributed by atoms with Crippen molar-refractivity contribution in [2.75, 3.05) is 0 Å². The summed E-state index contributed by atoms with van der Waals surface area (Å²) in [6, 6.07) is 4.90. The fraction of sp³-hybridized carbons (Fsp3) is 0.619. The van der Waals surface area contributed by atoms with Crippen LogP contribution >= 0.6 is 0 Å². The monoisotopic (exact) mass is 314 g/mol. The summed E-state index contributed by atoms with van der Waals surface area (Å²) in [6.07, 6.45) is 7.00. The molecule has 0 spiro atoms. The number of allylic oxidation sites excluding steroid dienone is 2. The van der Waals surface area contributed by atoms with E-state index in [0.717, 1.165) is 12.0 Å². The highest BCUT2D eigenvalue weighted by molar-refractivity contribution is 5.42. The molecule has 0 unspecified atom stereocenters. The number of hydrogen-bond acceptors (Lipinski definition) is 2. The van der Waals surface area contributed by atoms with E-state index in [4.69, 9.17) is 0 Å². The van der Waals surface area contributed by atoms with Gasteiger partial charge in [-0.2, -0.15) is 0 Å². The van der Waals surface area contributed by atoms with Crippen LogP contribution in [-0.2, 0) is 6.42 Å². The second-order valence-electron chi connectivity index (χ2n) is 8.54. The predicted molar refractivity (Wildman–Crippen MR) is 94.6 cm³/mol. The van der Waals surface area contributed by atoms with E-state index in [1.165, 1.54) is 32.1 Å². The van der Waals surface area contributed by atoms with Gasteiger partial charge in [-0.1, -0.05) is 38.8 Å². The lowest BCUT2D eigenvalue weighted by Gasteiger charge is -2.50.